The van der Waals surface area contributed by atoms with Crippen molar-refractivity contribution in [3.8, 4) is 5.75 Å². The normalized spacial score (nSPS) is 21.1. The van der Waals surface area contributed by atoms with E-state index in [2.05, 4.69) is 25.3 Å². The lowest BCUT2D eigenvalue weighted by molar-refractivity contribution is -0.129. The molecule has 1 saturated heterocycles. The molecule has 0 radical (unpaired) electrons. The van der Waals surface area contributed by atoms with Crippen molar-refractivity contribution in [3.63, 3.8) is 0 Å². The quantitative estimate of drug-likeness (QED) is 0.595. The first-order valence-corrected chi connectivity index (χ1v) is 11.4. The number of aromatic nitrogens is 4. The summed E-state index contributed by atoms with van der Waals surface area (Å²) in [6.45, 7) is 0.923. The number of nitrogens with zero attached hydrogens (tertiary/aromatic N) is 4. The van der Waals surface area contributed by atoms with E-state index in [9.17, 15) is 9.59 Å². The summed E-state index contributed by atoms with van der Waals surface area (Å²) in [5.41, 5.74) is 3.66. The number of nitrogens with one attached hydrogen (secondary N) is 2. The third-order valence-corrected chi connectivity index (χ3v) is 6.66. The van der Waals surface area contributed by atoms with Gasteiger partial charge < -0.3 is 19.9 Å². The van der Waals surface area contributed by atoms with Crippen LogP contribution in [0.2, 0.25) is 0 Å². The minimum absolute atomic E-state index is 0.0177. The van der Waals surface area contributed by atoms with Gasteiger partial charge in [0.25, 0.3) is 0 Å². The number of fused-ring (bicyclic) bond motifs is 2. The number of ether oxygens (including phenoxy) is 1. The molecule has 3 heterocycles. The maximum Gasteiger partial charge on any atom is 0.222 e. The minimum atomic E-state index is -0.365. The first-order chi connectivity index (χ1) is 16.0. The summed E-state index contributed by atoms with van der Waals surface area (Å²) < 4.78 is 6.63. The second kappa shape index (κ2) is 8.90. The zero-order valence-electron chi connectivity index (χ0n) is 18.9. The zero-order valence-corrected chi connectivity index (χ0v) is 18.9. The average molecular weight is 449 g/mol. The van der Waals surface area contributed by atoms with E-state index in [1.165, 1.54) is 6.33 Å². The summed E-state index contributed by atoms with van der Waals surface area (Å²) in [6.07, 6.45) is 6.36. The molecule has 9 heteroatoms. The largest absolute Gasteiger partial charge is 0.482 e. The molecule has 2 aliphatic rings. The highest BCUT2D eigenvalue weighted by molar-refractivity contribution is 6.02. The minimum Gasteiger partial charge on any atom is -0.482 e. The van der Waals surface area contributed by atoms with Crippen molar-refractivity contribution in [2.75, 3.05) is 20.6 Å². The molecule has 2 aromatic heterocycles. The zero-order chi connectivity index (χ0) is 22.9. The number of H-pyrrole nitrogens is 1. The molecule has 1 aromatic carbocycles. The molecule has 1 aliphatic carbocycles. The van der Waals surface area contributed by atoms with E-state index in [0.717, 1.165) is 30.6 Å². The number of hydrogen-bond donors (Lipinski definition) is 2. The van der Waals surface area contributed by atoms with Crippen LogP contribution < -0.4 is 10.1 Å². The van der Waals surface area contributed by atoms with E-state index in [1.807, 2.05) is 18.2 Å². The van der Waals surface area contributed by atoms with Crippen LogP contribution in [0.15, 0.2) is 30.9 Å². The number of carbonyl (C=O) groups is 2. The van der Waals surface area contributed by atoms with Crippen molar-refractivity contribution in [2.45, 2.75) is 44.2 Å². The van der Waals surface area contributed by atoms with Crippen molar-refractivity contribution in [1.82, 2.24) is 30.2 Å². The molecule has 172 valence electrons. The third-order valence-electron chi connectivity index (χ3n) is 6.66. The van der Waals surface area contributed by atoms with E-state index in [-0.39, 0.29) is 36.2 Å². The lowest BCUT2D eigenvalue weighted by atomic mass is 9.80. The molecule has 0 bridgehead atoms. The number of benzene rings is 1. The fourth-order valence-corrected chi connectivity index (χ4v) is 4.85. The molecule has 2 N–H and O–H groups in total. The van der Waals surface area contributed by atoms with Crippen LogP contribution in [-0.4, -0.2) is 63.2 Å². The molecule has 2 unspecified atom stereocenters. The van der Waals surface area contributed by atoms with Crippen LogP contribution in [0.25, 0.3) is 11.2 Å². The highest BCUT2D eigenvalue weighted by Gasteiger charge is 2.35. The van der Waals surface area contributed by atoms with Gasteiger partial charge in [0.2, 0.25) is 5.91 Å². The fourth-order valence-electron chi connectivity index (χ4n) is 4.85. The predicted octanol–water partition coefficient (Wildman–Crippen LogP) is 2.45. The van der Waals surface area contributed by atoms with Gasteiger partial charge in [-0.15, -0.1) is 0 Å². The summed E-state index contributed by atoms with van der Waals surface area (Å²) in [6, 6.07) is 5.70. The number of amides is 1. The van der Waals surface area contributed by atoms with Crippen LogP contribution in [0.5, 0.6) is 5.75 Å². The van der Waals surface area contributed by atoms with Gasteiger partial charge in [0.1, 0.15) is 23.3 Å². The molecule has 1 fully saturated rings. The first kappa shape index (κ1) is 21.5. The van der Waals surface area contributed by atoms with Crippen molar-refractivity contribution >= 4 is 22.9 Å². The van der Waals surface area contributed by atoms with Gasteiger partial charge in [0.15, 0.2) is 17.5 Å². The monoisotopic (exact) mass is 448 g/mol. The molecule has 3 aromatic rings. The number of ketones is 1. The Morgan fingerprint density at radius 3 is 2.91 bits per heavy atom. The molecule has 0 spiro atoms. The summed E-state index contributed by atoms with van der Waals surface area (Å²) in [4.78, 5) is 43.2. The van der Waals surface area contributed by atoms with Crippen molar-refractivity contribution in [1.29, 1.82) is 0 Å². The summed E-state index contributed by atoms with van der Waals surface area (Å²) in [5.74, 6) is 0.396. The Morgan fingerprint density at radius 1 is 1.24 bits per heavy atom. The molecule has 9 nitrogen and oxygen atoms in total. The molecule has 1 amide bonds. The van der Waals surface area contributed by atoms with Crippen LogP contribution in [0.4, 0.5) is 0 Å². The van der Waals surface area contributed by atoms with Gasteiger partial charge in [0, 0.05) is 37.6 Å². The Bertz CT molecular complexity index is 1180. The summed E-state index contributed by atoms with van der Waals surface area (Å²) in [5, 5.41) is 3.53. The highest BCUT2D eigenvalue weighted by atomic mass is 16.5. The van der Waals surface area contributed by atoms with Crippen molar-refractivity contribution in [2.24, 2.45) is 5.92 Å². The lowest BCUT2D eigenvalue weighted by Crippen LogP contribution is -2.34. The Kier molecular flexibility index (Phi) is 5.80. The van der Waals surface area contributed by atoms with Gasteiger partial charge >= 0.3 is 0 Å². The maximum atomic E-state index is 13.2. The molecule has 3 atom stereocenters. The summed E-state index contributed by atoms with van der Waals surface area (Å²) in [7, 11) is 3.44. The van der Waals surface area contributed by atoms with Gasteiger partial charge in [-0.2, -0.15) is 0 Å². The Hall–Kier alpha value is -3.33. The van der Waals surface area contributed by atoms with E-state index in [0.29, 0.717) is 35.3 Å². The second-order valence-corrected chi connectivity index (χ2v) is 8.97. The number of hydrogen-bond acceptors (Lipinski definition) is 7. The summed E-state index contributed by atoms with van der Waals surface area (Å²) >= 11 is 0. The number of carbonyl (C=O) groups excluding carboxylic acids is 2. The smallest absolute Gasteiger partial charge is 0.222 e. The molecule has 0 saturated carbocycles. The number of Topliss-reactive ketones (excluding diaryl/α,β-unsaturated/α-hetero) is 1. The third kappa shape index (κ3) is 4.08. The highest BCUT2D eigenvalue weighted by Crippen LogP contribution is 2.37. The number of aromatic amines is 1. The predicted molar refractivity (Wildman–Crippen MR) is 122 cm³/mol. The molecular formula is C24H28N6O3. The van der Waals surface area contributed by atoms with Crippen molar-refractivity contribution < 1.29 is 14.3 Å². The van der Waals surface area contributed by atoms with Gasteiger partial charge in [0.05, 0.1) is 12.4 Å². The molecule has 1 aliphatic heterocycles. The Labute approximate surface area is 192 Å². The second-order valence-electron chi connectivity index (χ2n) is 8.97. The lowest BCUT2D eigenvalue weighted by Gasteiger charge is -2.29. The SMILES string of the molecule is CN(C)C(=O)CC1CCc2c(O[C@@H](c3ncnc4[nH]cnc34)C3CCCN3)cccc2C1=O. The molecule has 33 heavy (non-hydrogen) atoms. The molecule has 5 rings (SSSR count). The maximum absolute atomic E-state index is 13.2. The topological polar surface area (TPSA) is 113 Å². The Morgan fingerprint density at radius 2 is 2.12 bits per heavy atom. The van der Waals surface area contributed by atoms with Crippen LogP contribution in [0.1, 0.15) is 53.4 Å². The van der Waals surface area contributed by atoms with Gasteiger partial charge in [-0.1, -0.05) is 12.1 Å². The number of imidazole rings is 1. The van der Waals surface area contributed by atoms with E-state index >= 15 is 0 Å². The van der Waals surface area contributed by atoms with E-state index < -0.39 is 0 Å². The van der Waals surface area contributed by atoms with E-state index in [4.69, 9.17) is 4.74 Å². The first-order valence-electron chi connectivity index (χ1n) is 11.4. The van der Waals surface area contributed by atoms with E-state index in [1.54, 1.807) is 25.3 Å². The van der Waals surface area contributed by atoms with Crippen LogP contribution in [-0.2, 0) is 11.2 Å². The van der Waals surface area contributed by atoms with Crippen molar-refractivity contribution in [3.05, 3.63) is 47.7 Å². The van der Waals surface area contributed by atoms with Gasteiger partial charge in [-0.05, 0) is 38.3 Å². The van der Waals surface area contributed by atoms with Crippen LogP contribution in [0.3, 0.4) is 0 Å². The standard InChI is InChI=1S/C24H28N6O3/c1-30(2)19(31)11-14-8-9-15-16(22(14)32)5-3-7-18(15)33-23(17-6-4-10-25-17)20-21-24(28-12-26-20)29-13-27-21/h3,5,7,12-14,17,23,25H,4,6,8-11H2,1-2H3,(H,26,27,28,29)/t14?,17?,23-/m1/s1. The van der Waals surface area contributed by atoms with Gasteiger partial charge in [-0.25, -0.2) is 15.0 Å². The van der Waals surface area contributed by atoms with Crippen LogP contribution >= 0.6 is 0 Å². The Balaban J connectivity index is 1.47. The van der Waals surface area contributed by atoms with Crippen LogP contribution in [0, 0.1) is 5.92 Å². The molecular weight excluding hydrogens is 420 g/mol. The average Bonchev–Trinajstić information content (AvgIpc) is 3.51. The van der Waals surface area contributed by atoms with Gasteiger partial charge in [-0.3, -0.25) is 9.59 Å². The fraction of sp³-hybridized carbons (Fsp3) is 0.458. The number of rotatable bonds is 6.